The number of hydrogen-bond acceptors (Lipinski definition) is 4. The van der Waals surface area contributed by atoms with Crippen molar-refractivity contribution in [2.75, 3.05) is 26.3 Å². The maximum atomic E-state index is 13.1. The van der Waals surface area contributed by atoms with Crippen LogP contribution in [0.1, 0.15) is 28.9 Å². The lowest BCUT2D eigenvalue weighted by Gasteiger charge is -2.50. The lowest BCUT2D eigenvalue weighted by Crippen LogP contribution is -2.66. The number of hydrogen-bond donors (Lipinski definition) is 0. The number of carbonyl (C=O) groups is 1. The van der Waals surface area contributed by atoms with Gasteiger partial charge in [-0.15, -0.1) is 0 Å². The highest BCUT2D eigenvalue weighted by Crippen LogP contribution is 2.42. The summed E-state index contributed by atoms with van der Waals surface area (Å²) in [5.41, 5.74) is 2.60. The molecule has 0 N–H and O–H groups in total. The SMILES string of the molecule is Cn1cc(C(=O)N2CC3(C2)OCC[C@@H]3CCOCc2ccccn2)c2ccccc21. The molecule has 2 fully saturated rings. The summed E-state index contributed by atoms with van der Waals surface area (Å²) in [5.74, 6) is 0.524. The van der Waals surface area contributed by atoms with Gasteiger partial charge in [0, 0.05) is 43.6 Å². The normalized spacial score (nSPS) is 20.0. The van der Waals surface area contributed by atoms with Crippen LogP contribution in [-0.4, -0.2) is 52.3 Å². The average molecular weight is 405 g/mol. The predicted octanol–water partition coefficient (Wildman–Crippen LogP) is 3.41. The molecule has 2 saturated heterocycles. The molecule has 1 aromatic carbocycles. The number of nitrogens with zero attached hydrogens (tertiary/aromatic N) is 3. The van der Waals surface area contributed by atoms with Gasteiger partial charge in [0.1, 0.15) is 5.60 Å². The molecule has 1 amide bonds. The summed E-state index contributed by atoms with van der Waals surface area (Å²) in [7, 11) is 1.98. The summed E-state index contributed by atoms with van der Waals surface area (Å²) in [4.78, 5) is 19.4. The van der Waals surface area contributed by atoms with Crippen LogP contribution in [0.5, 0.6) is 0 Å². The molecule has 0 radical (unpaired) electrons. The number of para-hydroxylation sites is 1. The number of aryl methyl sites for hydroxylation is 1. The molecule has 6 heteroatoms. The van der Waals surface area contributed by atoms with Gasteiger partial charge in [0.15, 0.2) is 0 Å². The van der Waals surface area contributed by atoms with E-state index in [9.17, 15) is 4.79 Å². The Bertz CT molecular complexity index is 1040. The minimum Gasteiger partial charge on any atom is -0.375 e. The Kier molecular flexibility index (Phi) is 5.05. The van der Waals surface area contributed by atoms with E-state index in [0.717, 1.165) is 41.6 Å². The molecule has 156 valence electrons. The third-order valence-electron chi connectivity index (χ3n) is 6.52. The molecule has 5 rings (SSSR count). The first-order valence-corrected chi connectivity index (χ1v) is 10.6. The minimum atomic E-state index is -0.200. The Hall–Kier alpha value is -2.70. The molecule has 2 aromatic heterocycles. The van der Waals surface area contributed by atoms with Gasteiger partial charge in [-0.2, -0.15) is 0 Å². The number of likely N-dealkylation sites (tertiary alicyclic amines) is 1. The van der Waals surface area contributed by atoms with E-state index >= 15 is 0 Å². The van der Waals surface area contributed by atoms with Gasteiger partial charge in [0.25, 0.3) is 5.91 Å². The number of carbonyl (C=O) groups excluding carboxylic acids is 1. The smallest absolute Gasteiger partial charge is 0.256 e. The van der Waals surface area contributed by atoms with Crippen LogP contribution < -0.4 is 0 Å². The highest BCUT2D eigenvalue weighted by molar-refractivity contribution is 6.07. The first-order chi connectivity index (χ1) is 14.7. The van der Waals surface area contributed by atoms with Gasteiger partial charge in [-0.25, -0.2) is 0 Å². The second kappa shape index (κ2) is 7.85. The standard InChI is InChI=1S/C24H27N3O3/c1-26-14-21(20-7-2-3-8-22(20)26)23(28)27-16-24(17-27)18(10-13-30-24)9-12-29-15-19-6-4-5-11-25-19/h2-8,11,14,18H,9-10,12-13,15-17H2,1H3/t18-/m0/s1. The van der Waals surface area contributed by atoms with E-state index in [2.05, 4.69) is 4.98 Å². The van der Waals surface area contributed by atoms with Crippen LogP contribution in [0.2, 0.25) is 0 Å². The first kappa shape index (κ1) is 19.3. The number of fused-ring (bicyclic) bond motifs is 1. The number of benzene rings is 1. The zero-order valence-corrected chi connectivity index (χ0v) is 17.3. The molecule has 1 spiro atoms. The van der Waals surface area contributed by atoms with Crippen molar-refractivity contribution in [3.05, 3.63) is 66.1 Å². The number of amides is 1. The molecule has 4 heterocycles. The van der Waals surface area contributed by atoms with E-state index in [1.807, 2.05) is 65.2 Å². The zero-order chi connectivity index (χ0) is 20.6. The van der Waals surface area contributed by atoms with E-state index in [1.54, 1.807) is 6.20 Å². The molecule has 1 atom stereocenters. The molecule has 30 heavy (non-hydrogen) atoms. The second-order valence-electron chi connectivity index (χ2n) is 8.39. The molecular formula is C24H27N3O3. The molecule has 2 aliphatic heterocycles. The Morgan fingerprint density at radius 2 is 2.07 bits per heavy atom. The van der Waals surface area contributed by atoms with Crippen LogP contribution in [0.25, 0.3) is 10.9 Å². The lowest BCUT2D eigenvalue weighted by atomic mass is 9.79. The largest absolute Gasteiger partial charge is 0.375 e. The van der Waals surface area contributed by atoms with E-state index in [0.29, 0.717) is 32.2 Å². The quantitative estimate of drug-likeness (QED) is 0.590. The predicted molar refractivity (Wildman–Crippen MR) is 114 cm³/mol. The fourth-order valence-electron chi connectivity index (χ4n) is 4.85. The number of aromatic nitrogens is 2. The van der Waals surface area contributed by atoms with Crippen molar-refractivity contribution < 1.29 is 14.3 Å². The molecule has 0 unspecified atom stereocenters. The van der Waals surface area contributed by atoms with Crippen molar-refractivity contribution in [1.29, 1.82) is 0 Å². The summed E-state index contributed by atoms with van der Waals surface area (Å²) in [5, 5.41) is 1.01. The van der Waals surface area contributed by atoms with Crippen molar-refractivity contribution in [2.45, 2.75) is 25.0 Å². The minimum absolute atomic E-state index is 0.0954. The van der Waals surface area contributed by atoms with Crippen LogP contribution in [0, 0.1) is 5.92 Å². The molecule has 6 nitrogen and oxygen atoms in total. The third kappa shape index (κ3) is 3.40. The highest BCUT2D eigenvalue weighted by atomic mass is 16.5. The van der Waals surface area contributed by atoms with Crippen molar-refractivity contribution in [3.8, 4) is 0 Å². The zero-order valence-electron chi connectivity index (χ0n) is 17.3. The summed E-state index contributed by atoms with van der Waals surface area (Å²) >= 11 is 0. The lowest BCUT2D eigenvalue weighted by molar-refractivity contribution is -0.120. The molecule has 0 bridgehead atoms. The summed E-state index contributed by atoms with van der Waals surface area (Å²) in [6.07, 6.45) is 5.71. The van der Waals surface area contributed by atoms with Crippen LogP contribution in [-0.2, 0) is 23.1 Å². The van der Waals surface area contributed by atoms with Gasteiger partial charge >= 0.3 is 0 Å². The maximum Gasteiger partial charge on any atom is 0.256 e. The Morgan fingerprint density at radius 3 is 2.90 bits per heavy atom. The van der Waals surface area contributed by atoms with Gasteiger partial charge in [-0.05, 0) is 37.0 Å². The Balaban J connectivity index is 1.18. The summed E-state index contributed by atoms with van der Waals surface area (Å²) in [6, 6.07) is 13.9. The molecule has 3 aromatic rings. The van der Waals surface area contributed by atoms with Crippen molar-refractivity contribution in [2.24, 2.45) is 13.0 Å². The highest BCUT2D eigenvalue weighted by Gasteiger charge is 2.54. The Labute approximate surface area is 176 Å². The van der Waals surface area contributed by atoms with Gasteiger partial charge in [-0.1, -0.05) is 24.3 Å². The fraction of sp³-hybridized carbons (Fsp3) is 0.417. The third-order valence-corrected chi connectivity index (χ3v) is 6.52. The van der Waals surface area contributed by atoms with Gasteiger partial charge < -0.3 is 18.9 Å². The molecule has 0 aliphatic carbocycles. The van der Waals surface area contributed by atoms with Crippen LogP contribution >= 0.6 is 0 Å². The molecule has 0 saturated carbocycles. The van der Waals surface area contributed by atoms with Crippen molar-refractivity contribution in [3.63, 3.8) is 0 Å². The van der Waals surface area contributed by atoms with Gasteiger partial charge in [0.2, 0.25) is 0 Å². The molecule has 2 aliphatic rings. The van der Waals surface area contributed by atoms with Crippen molar-refractivity contribution in [1.82, 2.24) is 14.5 Å². The number of pyridine rings is 1. The van der Waals surface area contributed by atoms with E-state index < -0.39 is 0 Å². The number of ether oxygens (including phenoxy) is 2. The van der Waals surface area contributed by atoms with E-state index in [4.69, 9.17) is 9.47 Å². The van der Waals surface area contributed by atoms with Gasteiger partial charge in [0.05, 0.1) is 31.0 Å². The van der Waals surface area contributed by atoms with E-state index in [-0.39, 0.29) is 11.5 Å². The summed E-state index contributed by atoms with van der Waals surface area (Å²) in [6.45, 7) is 3.32. The second-order valence-corrected chi connectivity index (χ2v) is 8.39. The van der Waals surface area contributed by atoms with Gasteiger partial charge in [-0.3, -0.25) is 9.78 Å². The van der Waals surface area contributed by atoms with Crippen LogP contribution in [0.15, 0.2) is 54.9 Å². The first-order valence-electron chi connectivity index (χ1n) is 10.6. The van der Waals surface area contributed by atoms with Crippen LogP contribution in [0.3, 0.4) is 0 Å². The summed E-state index contributed by atoms with van der Waals surface area (Å²) < 4.78 is 14.0. The van der Waals surface area contributed by atoms with Crippen molar-refractivity contribution >= 4 is 16.8 Å². The maximum absolute atomic E-state index is 13.1. The Morgan fingerprint density at radius 1 is 1.23 bits per heavy atom. The molecular weight excluding hydrogens is 378 g/mol. The number of rotatable bonds is 6. The fourth-order valence-corrected chi connectivity index (χ4v) is 4.85. The average Bonchev–Trinajstić information content (AvgIpc) is 3.32. The monoisotopic (exact) mass is 405 g/mol. The van der Waals surface area contributed by atoms with E-state index in [1.165, 1.54) is 0 Å². The topological polar surface area (TPSA) is 56.6 Å². The van der Waals surface area contributed by atoms with Crippen LogP contribution in [0.4, 0.5) is 0 Å².